The fourth-order valence-corrected chi connectivity index (χ4v) is 4.41. The normalized spacial score (nSPS) is 18.6. The van der Waals surface area contributed by atoms with Crippen molar-refractivity contribution < 1.29 is 9.59 Å². The number of para-hydroxylation sites is 1. The zero-order valence-corrected chi connectivity index (χ0v) is 17.9. The van der Waals surface area contributed by atoms with Crippen LogP contribution >= 0.6 is 11.8 Å². The summed E-state index contributed by atoms with van der Waals surface area (Å²) in [6.45, 7) is 2.11. The molecule has 2 aromatic heterocycles. The number of aromatic amines is 1. The van der Waals surface area contributed by atoms with Crippen LogP contribution in [0.15, 0.2) is 46.5 Å². The highest BCUT2D eigenvalue weighted by atomic mass is 32.2. The van der Waals surface area contributed by atoms with Gasteiger partial charge in [-0.05, 0) is 30.9 Å². The molecule has 1 fully saturated rings. The quantitative estimate of drug-likeness (QED) is 0.414. The van der Waals surface area contributed by atoms with E-state index in [1.54, 1.807) is 4.68 Å². The minimum atomic E-state index is -0.483. The Labute approximate surface area is 183 Å². The minimum absolute atomic E-state index is 0.0540. The van der Waals surface area contributed by atoms with Gasteiger partial charge in [0.15, 0.2) is 10.8 Å². The molecule has 3 aromatic rings. The maximum atomic E-state index is 12.4. The van der Waals surface area contributed by atoms with Gasteiger partial charge in [0, 0.05) is 6.04 Å². The molecule has 3 N–H and O–H groups in total. The van der Waals surface area contributed by atoms with Gasteiger partial charge in [0.2, 0.25) is 5.91 Å². The van der Waals surface area contributed by atoms with Crippen molar-refractivity contribution in [1.29, 1.82) is 0 Å². The number of benzene rings is 1. The predicted molar refractivity (Wildman–Crippen MR) is 118 cm³/mol. The summed E-state index contributed by atoms with van der Waals surface area (Å²) in [6.07, 6.45) is 5.73. The van der Waals surface area contributed by atoms with Crippen molar-refractivity contribution in [2.24, 2.45) is 5.92 Å². The summed E-state index contributed by atoms with van der Waals surface area (Å²) in [4.78, 5) is 43.8. The largest absolute Gasteiger partial charge is 0.335 e. The number of carbonyl (C=O) groups is 2. The van der Waals surface area contributed by atoms with Crippen LogP contribution in [0.4, 0.5) is 4.79 Å². The molecule has 1 aliphatic carbocycles. The van der Waals surface area contributed by atoms with Crippen molar-refractivity contribution in [2.45, 2.75) is 43.8 Å². The lowest BCUT2D eigenvalue weighted by Gasteiger charge is -2.29. The highest BCUT2D eigenvalue weighted by molar-refractivity contribution is 7.99. The summed E-state index contributed by atoms with van der Waals surface area (Å²) in [5, 5.41) is 10.1. The number of rotatable bonds is 5. The van der Waals surface area contributed by atoms with E-state index < -0.39 is 11.9 Å². The fourth-order valence-electron chi connectivity index (χ4n) is 3.76. The molecular formula is C21H24N6O3S. The van der Waals surface area contributed by atoms with Gasteiger partial charge in [-0.2, -0.15) is 5.10 Å². The molecule has 2 heterocycles. The van der Waals surface area contributed by atoms with Crippen LogP contribution in [0, 0.1) is 5.92 Å². The second-order valence-corrected chi connectivity index (χ2v) is 8.64. The van der Waals surface area contributed by atoms with E-state index in [0.29, 0.717) is 17.0 Å². The van der Waals surface area contributed by atoms with Crippen LogP contribution in [0.2, 0.25) is 0 Å². The van der Waals surface area contributed by atoms with Crippen LogP contribution in [0.25, 0.3) is 16.7 Å². The van der Waals surface area contributed by atoms with Gasteiger partial charge < -0.3 is 10.3 Å². The lowest BCUT2D eigenvalue weighted by molar-refractivity contribution is -0.117. The summed E-state index contributed by atoms with van der Waals surface area (Å²) in [7, 11) is 0. The molecule has 0 spiro atoms. The SMILES string of the molecule is CC1CCCCC1NC(=O)NC(=O)CSc1nc2c(cnn2-c2ccccc2)c(=O)[nH]1. The molecule has 9 nitrogen and oxygen atoms in total. The van der Waals surface area contributed by atoms with Crippen LogP contribution < -0.4 is 16.2 Å². The number of aromatic nitrogens is 4. The summed E-state index contributed by atoms with van der Waals surface area (Å²) in [6, 6.07) is 8.96. The van der Waals surface area contributed by atoms with Crippen molar-refractivity contribution in [2.75, 3.05) is 5.75 Å². The lowest BCUT2D eigenvalue weighted by Crippen LogP contribution is -2.48. The number of imide groups is 1. The third-order valence-corrected chi connectivity index (χ3v) is 6.31. The van der Waals surface area contributed by atoms with Gasteiger partial charge in [-0.25, -0.2) is 14.5 Å². The monoisotopic (exact) mass is 440 g/mol. The van der Waals surface area contributed by atoms with E-state index in [2.05, 4.69) is 32.6 Å². The molecule has 1 aliphatic rings. The number of thioether (sulfide) groups is 1. The van der Waals surface area contributed by atoms with Crippen molar-refractivity contribution in [1.82, 2.24) is 30.4 Å². The number of nitrogens with zero attached hydrogens (tertiary/aromatic N) is 3. The summed E-state index contributed by atoms with van der Waals surface area (Å²) >= 11 is 1.05. The molecule has 10 heteroatoms. The van der Waals surface area contributed by atoms with Gasteiger partial charge in [-0.1, -0.05) is 49.7 Å². The van der Waals surface area contributed by atoms with Gasteiger partial charge in [-0.15, -0.1) is 0 Å². The molecular weight excluding hydrogens is 416 g/mol. The number of fused-ring (bicyclic) bond motifs is 1. The number of nitrogens with one attached hydrogen (secondary N) is 3. The first-order chi connectivity index (χ1) is 15.0. The Morgan fingerprint density at radius 2 is 2.00 bits per heavy atom. The van der Waals surface area contributed by atoms with E-state index in [9.17, 15) is 14.4 Å². The molecule has 0 bridgehead atoms. The van der Waals surface area contributed by atoms with Crippen LogP contribution in [-0.4, -0.2) is 43.5 Å². The average Bonchev–Trinajstić information content (AvgIpc) is 3.19. The molecule has 2 atom stereocenters. The predicted octanol–water partition coefficient (Wildman–Crippen LogP) is 2.61. The van der Waals surface area contributed by atoms with E-state index in [-0.39, 0.29) is 22.5 Å². The summed E-state index contributed by atoms with van der Waals surface area (Å²) < 4.78 is 1.58. The van der Waals surface area contributed by atoms with E-state index in [4.69, 9.17) is 0 Å². The van der Waals surface area contributed by atoms with Crippen LogP contribution in [0.3, 0.4) is 0 Å². The van der Waals surface area contributed by atoms with E-state index in [0.717, 1.165) is 36.7 Å². The molecule has 1 saturated carbocycles. The third-order valence-electron chi connectivity index (χ3n) is 5.44. The average molecular weight is 441 g/mol. The smallest absolute Gasteiger partial charge is 0.321 e. The minimum Gasteiger partial charge on any atom is -0.335 e. The van der Waals surface area contributed by atoms with Gasteiger partial charge in [0.25, 0.3) is 5.56 Å². The Morgan fingerprint density at radius 1 is 1.23 bits per heavy atom. The van der Waals surface area contributed by atoms with Crippen LogP contribution in [-0.2, 0) is 4.79 Å². The van der Waals surface area contributed by atoms with E-state index in [1.807, 2.05) is 30.3 Å². The fraction of sp³-hybridized carbons (Fsp3) is 0.381. The van der Waals surface area contributed by atoms with Crippen molar-refractivity contribution in [3.63, 3.8) is 0 Å². The molecule has 0 saturated heterocycles. The Hall–Kier alpha value is -3.14. The van der Waals surface area contributed by atoms with Gasteiger partial charge in [0.05, 0.1) is 17.6 Å². The first-order valence-corrected chi connectivity index (χ1v) is 11.3. The summed E-state index contributed by atoms with van der Waals surface area (Å²) in [5.74, 6) is -0.105. The molecule has 1 aromatic carbocycles. The molecule has 4 rings (SSSR count). The number of carbonyl (C=O) groups excluding carboxylic acids is 2. The van der Waals surface area contributed by atoms with Crippen molar-refractivity contribution >= 4 is 34.7 Å². The Morgan fingerprint density at radius 3 is 2.77 bits per heavy atom. The Bertz CT molecular complexity index is 1140. The molecule has 0 aliphatic heterocycles. The highest BCUT2D eigenvalue weighted by Crippen LogP contribution is 2.23. The maximum absolute atomic E-state index is 12.4. The number of H-pyrrole nitrogens is 1. The number of hydrogen-bond acceptors (Lipinski definition) is 6. The summed E-state index contributed by atoms with van der Waals surface area (Å²) in [5.41, 5.74) is 0.846. The van der Waals surface area contributed by atoms with E-state index in [1.165, 1.54) is 12.6 Å². The van der Waals surface area contributed by atoms with Gasteiger partial charge in [0.1, 0.15) is 5.39 Å². The number of urea groups is 1. The van der Waals surface area contributed by atoms with Crippen LogP contribution in [0.5, 0.6) is 0 Å². The maximum Gasteiger partial charge on any atom is 0.321 e. The molecule has 0 radical (unpaired) electrons. The highest BCUT2D eigenvalue weighted by Gasteiger charge is 2.23. The van der Waals surface area contributed by atoms with E-state index >= 15 is 0 Å². The zero-order chi connectivity index (χ0) is 21.8. The number of amides is 3. The molecule has 3 amide bonds. The van der Waals surface area contributed by atoms with Gasteiger partial charge in [-0.3, -0.25) is 14.9 Å². The van der Waals surface area contributed by atoms with Crippen LogP contribution in [0.1, 0.15) is 32.6 Å². The Kier molecular flexibility index (Phi) is 6.36. The topological polar surface area (TPSA) is 122 Å². The first kappa shape index (κ1) is 21.1. The second kappa shape index (κ2) is 9.34. The second-order valence-electron chi connectivity index (χ2n) is 7.68. The number of hydrogen-bond donors (Lipinski definition) is 3. The zero-order valence-electron chi connectivity index (χ0n) is 17.1. The van der Waals surface area contributed by atoms with Gasteiger partial charge >= 0.3 is 6.03 Å². The molecule has 2 unspecified atom stereocenters. The Balaban J connectivity index is 1.40. The third kappa shape index (κ3) is 4.96. The molecule has 31 heavy (non-hydrogen) atoms. The standard InChI is InChI=1S/C21H24N6O3S/c1-13-7-5-6-10-16(13)23-20(30)24-17(28)12-31-21-25-18-15(19(29)26-21)11-22-27(18)14-8-3-2-4-9-14/h2-4,8-9,11,13,16H,5-7,10,12H2,1H3,(H,25,26,29)(H2,23,24,28,30). The lowest BCUT2D eigenvalue weighted by atomic mass is 9.86. The molecule has 162 valence electrons. The van der Waals surface area contributed by atoms with Crippen molar-refractivity contribution in [3.8, 4) is 5.69 Å². The first-order valence-electron chi connectivity index (χ1n) is 10.3. The van der Waals surface area contributed by atoms with Crippen molar-refractivity contribution in [3.05, 3.63) is 46.9 Å².